The van der Waals surface area contributed by atoms with Gasteiger partial charge in [0, 0.05) is 12.1 Å². The van der Waals surface area contributed by atoms with E-state index in [0.29, 0.717) is 12.1 Å². The summed E-state index contributed by atoms with van der Waals surface area (Å²) in [7, 11) is 1.78. The van der Waals surface area contributed by atoms with Crippen LogP contribution in [0.3, 0.4) is 0 Å². The van der Waals surface area contributed by atoms with Crippen LogP contribution in [0.15, 0.2) is 24.3 Å². The van der Waals surface area contributed by atoms with Crippen molar-refractivity contribution in [2.24, 2.45) is 0 Å². The Morgan fingerprint density at radius 1 is 1.39 bits per heavy atom. The van der Waals surface area contributed by atoms with Gasteiger partial charge in [0.05, 0.1) is 11.6 Å². The van der Waals surface area contributed by atoms with E-state index in [-0.39, 0.29) is 17.6 Å². The van der Waals surface area contributed by atoms with Crippen molar-refractivity contribution in [2.45, 2.75) is 32.4 Å². The van der Waals surface area contributed by atoms with Gasteiger partial charge in [0.25, 0.3) is 0 Å². The second-order valence-corrected chi connectivity index (χ2v) is 5.27. The van der Waals surface area contributed by atoms with Gasteiger partial charge < -0.3 is 5.11 Å². The second kappa shape index (κ2) is 5.59. The average Bonchev–Trinajstić information content (AvgIpc) is 2.26. The van der Waals surface area contributed by atoms with E-state index in [9.17, 15) is 14.3 Å². The zero-order valence-electron chi connectivity index (χ0n) is 11.3. The highest BCUT2D eigenvalue weighted by atomic mass is 19.1. The minimum atomic E-state index is -0.855. The van der Waals surface area contributed by atoms with Gasteiger partial charge in [0.15, 0.2) is 5.78 Å². The molecule has 0 saturated heterocycles. The van der Waals surface area contributed by atoms with Crippen molar-refractivity contribution < 1.29 is 14.3 Å². The Bertz CT molecular complexity index is 409. The van der Waals surface area contributed by atoms with Gasteiger partial charge in [0.2, 0.25) is 0 Å². The van der Waals surface area contributed by atoms with Gasteiger partial charge >= 0.3 is 0 Å². The Kier molecular flexibility index (Phi) is 4.59. The Balaban J connectivity index is 2.75. The van der Waals surface area contributed by atoms with Gasteiger partial charge in [-0.05, 0) is 52.1 Å². The van der Waals surface area contributed by atoms with Crippen LogP contribution >= 0.6 is 0 Å². The van der Waals surface area contributed by atoms with Crippen molar-refractivity contribution in [3.05, 3.63) is 35.6 Å². The fraction of sp³-hybridized carbons (Fsp3) is 0.500. The predicted octanol–water partition coefficient (Wildman–Crippen LogP) is 2.10. The number of halogens is 1. The van der Waals surface area contributed by atoms with Gasteiger partial charge in [-0.15, -0.1) is 0 Å². The largest absolute Gasteiger partial charge is 0.389 e. The third-order valence-corrected chi connectivity index (χ3v) is 2.81. The van der Waals surface area contributed by atoms with Crippen LogP contribution in [0.2, 0.25) is 0 Å². The highest BCUT2D eigenvalue weighted by Gasteiger charge is 2.24. The monoisotopic (exact) mass is 253 g/mol. The van der Waals surface area contributed by atoms with E-state index in [1.807, 2.05) is 0 Å². The van der Waals surface area contributed by atoms with E-state index in [4.69, 9.17) is 0 Å². The molecule has 0 fully saturated rings. The van der Waals surface area contributed by atoms with E-state index in [1.165, 1.54) is 24.3 Å². The summed E-state index contributed by atoms with van der Waals surface area (Å²) >= 11 is 0. The third-order valence-electron chi connectivity index (χ3n) is 2.81. The highest BCUT2D eigenvalue weighted by Crippen LogP contribution is 2.12. The van der Waals surface area contributed by atoms with Crippen LogP contribution in [0, 0.1) is 5.82 Å². The molecule has 0 aliphatic rings. The fourth-order valence-corrected chi connectivity index (χ4v) is 1.80. The molecule has 0 saturated carbocycles. The smallest absolute Gasteiger partial charge is 0.179 e. The van der Waals surface area contributed by atoms with Crippen LogP contribution in [-0.2, 0) is 0 Å². The van der Waals surface area contributed by atoms with E-state index in [2.05, 4.69) is 0 Å². The van der Waals surface area contributed by atoms with Crippen molar-refractivity contribution in [1.82, 2.24) is 4.90 Å². The Labute approximate surface area is 107 Å². The van der Waals surface area contributed by atoms with Crippen molar-refractivity contribution in [2.75, 3.05) is 13.6 Å². The van der Waals surface area contributed by atoms with Crippen LogP contribution in [0.25, 0.3) is 0 Å². The Morgan fingerprint density at radius 2 is 1.89 bits per heavy atom. The quantitative estimate of drug-likeness (QED) is 0.817. The summed E-state index contributed by atoms with van der Waals surface area (Å²) in [6, 6.07) is 5.14. The van der Waals surface area contributed by atoms with E-state index < -0.39 is 5.60 Å². The maximum absolute atomic E-state index is 12.8. The zero-order chi connectivity index (χ0) is 13.9. The minimum absolute atomic E-state index is 0.0817. The lowest BCUT2D eigenvalue weighted by molar-refractivity contribution is 0.0330. The summed E-state index contributed by atoms with van der Waals surface area (Å²) in [4.78, 5) is 13.9. The SMILES string of the molecule is CC(C(=O)c1ccc(F)cc1)N(C)CC(C)(C)O. The molecule has 0 heterocycles. The average molecular weight is 253 g/mol. The first-order valence-corrected chi connectivity index (χ1v) is 5.93. The van der Waals surface area contributed by atoms with Gasteiger partial charge in [-0.3, -0.25) is 9.69 Å². The van der Waals surface area contributed by atoms with Crippen molar-refractivity contribution in [1.29, 1.82) is 0 Å². The van der Waals surface area contributed by atoms with E-state index in [0.717, 1.165) is 0 Å². The molecule has 3 nitrogen and oxygen atoms in total. The molecule has 1 unspecified atom stereocenters. The first kappa shape index (κ1) is 14.8. The molecule has 0 spiro atoms. The minimum Gasteiger partial charge on any atom is -0.389 e. The molecule has 0 aliphatic heterocycles. The van der Waals surface area contributed by atoms with Crippen molar-refractivity contribution >= 4 is 5.78 Å². The number of nitrogens with zero attached hydrogens (tertiary/aromatic N) is 1. The maximum atomic E-state index is 12.8. The van der Waals surface area contributed by atoms with E-state index >= 15 is 0 Å². The molecule has 1 aromatic rings. The van der Waals surface area contributed by atoms with E-state index in [1.54, 1.807) is 32.7 Å². The fourth-order valence-electron chi connectivity index (χ4n) is 1.80. The number of aliphatic hydroxyl groups is 1. The number of benzene rings is 1. The molecular weight excluding hydrogens is 233 g/mol. The standard InChI is InChI=1S/C14H20FNO2/c1-10(16(4)9-14(2,3)18)13(17)11-5-7-12(15)8-6-11/h5-8,10,18H,9H2,1-4H3. The predicted molar refractivity (Wildman–Crippen MR) is 69.1 cm³/mol. The molecular formula is C14H20FNO2. The number of carbonyl (C=O) groups is 1. The maximum Gasteiger partial charge on any atom is 0.179 e. The number of likely N-dealkylation sites (N-methyl/N-ethyl adjacent to an activating group) is 1. The number of hydrogen-bond acceptors (Lipinski definition) is 3. The molecule has 0 aliphatic carbocycles. The summed E-state index contributed by atoms with van der Waals surface area (Å²) in [5.74, 6) is -0.439. The molecule has 1 aromatic carbocycles. The van der Waals surface area contributed by atoms with Crippen LogP contribution < -0.4 is 0 Å². The molecule has 0 aromatic heterocycles. The number of carbonyl (C=O) groups excluding carboxylic acids is 1. The Morgan fingerprint density at radius 3 is 2.33 bits per heavy atom. The van der Waals surface area contributed by atoms with Gasteiger partial charge in [0.1, 0.15) is 5.82 Å². The number of rotatable bonds is 5. The summed E-state index contributed by atoms with van der Waals surface area (Å²) in [5.41, 5.74) is -0.377. The molecule has 18 heavy (non-hydrogen) atoms. The summed E-state index contributed by atoms with van der Waals surface area (Å²) < 4.78 is 12.8. The summed E-state index contributed by atoms with van der Waals surface area (Å²) in [6.45, 7) is 5.55. The lowest BCUT2D eigenvalue weighted by Crippen LogP contribution is -2.44. The number of Topliss-reactive ketones (excluding diaryl/α,β-unsaturated/α-hetero) is 1. The Hall–Kier alpha value is -1.26. The topological polar surface area (TPSA) is 40.5 Å². The summed E-state index contributed by atoms with van der Waals surface area (Å²) in [5, 5.41) is 9.72. The van der Waals surface area contributed by atoms with Gasteiger partial charge in [-0.25, -0.2) is 4.39 Å². The third kappa shape index (κ3) is 4.20. The normalized spacial score (nSPS) is 13.7. The van der Waals surface area contributed by atoms with Gasteiger partial charge in [-0.1, -0.05) is 0 Å². The van der Waals surface area contributed by atoms with Crippen LogP contribution in [0.4, 0.5) is 4.39 Å². The molecule has 0 amide bonds. The van der Waals surface area contributed by atoms with Crippen molar-refractivity contribution in [3.8, 4) is 0 Å². The van der Waals surface area contributed by atoms with Gasteiger partial charge in [-0.2, -0.15) is 0 Å². The van der Waals surface area contributed by atoms with Crippen LogP contribution in [0.1, 0.15) is 31.1 Å². The van der Waals surface area contributed by atoms with Crippen molar-refractivity contribution in [3.63, 3.8) is 0 Å². The molecule has 1 N–H and O–H groups in total. The first-order chi connectivity index (χ1) is 8.20. The van der Waals surface area contributed by atoms with Crippen LogP contribution in [0.5, 0.6) is 0 Å². The van der Waals surface area contributed by atoms with Crippen LogP contribution in [-0.4, -0.2) is 41.0 Å². The number of hydrogen-bond donors (Lipinski definition) is 1. The second-order valence-electron chi connectivity index (χ2n) is 5.27. The zero-order valence-corrected chi connectivity index (χ0v) is 11.3. The molecule has 4 heteroatoms. The molecule has 1 atom stereocenters. The molecule has 100 valence electrons. The molecule has 0 radical (unpaired) electrons. The number of ketones is 1. The lowest BCUT2D eigenvalue weighted by Gasteiger charge is -2.29. The highest BCUT2D eigenvalue weighted by molar-refractivity contribution is 5.99. The summed E-state index contributed by atoms with van der Waals surface area (Å²) in [6.07, 6.45) is 0. The first-order valence-electron chi connectivity index (χ1n) is 5.93. The lowest BCUT2D eigenvalue weighted by atomic mass is 10.0. The molecule has 0 bridgehead atoms. The molecule has 1 rings (SSSR count).